The van der Waals surface area contributed by atoms with Crippen molar-refractivity contribution >= 4 is 5.97 Å². The molecule has 0 aliphatic rings. The Morgan fingerprint density at radius 1 is 1.35 bits per heavy atom. The van der Waals surface area contributed by atoms with Gasteiger partial charge in [0.2, 0.25) is 0 Å². The molecule has 1 aromatic rings. The van der Waals surface area contributed by atoms with E-state index in [1.54, 1.807) is 24.3 Å². The van der Waals surface area contributed by atoms with Crippen LogP contribution in [0.2, 0.25) is 0 Å². The van der Waals surface area contributed by atoms with Crippen LogP contribution in [0.1, 0.15) is 43.5 Å². The van der Waals surface area contributed by atoms with E-state index < -0.39 is 5.97 Å². The highest BCUT2D eigenvalue weighted by Gasteiger charge is 2.02. The maximum Gasteiger partial charge on any atom is 0.335 e. The summed E-state index contributed by atoms with van der Waals surface area (Å²) >= 11 is 0. The van der Waals surface area contributed by atoms with Crippen LogP contribution in [0.5, 0.6) is 5.75 Å². The Kier molecular flexibility index (Phi) is 5.53. The van der Waals surface area contributed by atoms with Crippen molar-refractivity contribution in [3.05, 3.63) is 29.8 Å². The number of benzene rings is 1. The first-order valence-corrected chi connectivity index (χ1v) is 6.09. The summed E-state index contributed by atoms with van der Waals surface area (Å²) < 4.78 is 5.54. The van der Waals surface area contributed by atoms with Crippen LogP contribution in [0.25, 0.3) is 0 Å². The topological polar surface area (TPSA) is 46.5 Å². The lowest BCUT2D eigenvalue weighted by Gasteiger charge is -2.09. The summed E-state index contributed by atoms with van der Waals surface area (Å²) in [7, 11) is 0. The van der Waals surface area contributed by atoms with Crippen LogP contribution in [0.15, 0.2) is 24.3 Å². The van der Waals surface area contributed by atoms with E-state index in [1.807, 2.05) is 0 Å². The fraction of sp³-hybridized carbons (Fsp3) is 0.500. The molecule has 0 saturated carbocycles. The van der Waals surface area contributed by atoms with Gasteiger partial charge in [-0.15, -0.1) is 0 Å². The monoisotopic (exact) mass is 236 g/mol. The van der Waals surface area contributed by atoms with E-state index in [9.17, 15) is 4.79 Å². The predicted octanol–water partition coefficient (Wildman–Crippen LogP) is 3.59. The van der Waals surface area contributed by atoms with Crippen molar-refractivity contribution < 1.29 is 14.6 Å². The number of carbonyl (C=O) groups is 1. The molecule has 1 atom stereocenters. The molecular formula is C14H20O3. The van der Waals surface area contributed by atoms with E-state index in [0.717, 1.165) is 18.1 Å². The van der Waals surface area contributed by atoms with Gasteiger partial charge in [-0.1, -0.05) is 20.3 Å². The summed E-state index contributed by atoms with van der Waals surface area (Å²) in [6.45, 7) is 5.12. The largest absolute Gasteiger partial charge is 0.494 e. The molecule has 0 spiro atoms. The number of hydrogen-bond donors (Lipinski definition) is 1. The van der Waals surface area contributed by atoms with Crippen molar-refractivity contribution in [2.45, 2.75) is 33.1 Å². The SMILES string of the molecule is CCC(C)CCCOc1ccc(C(=O)O)cc1. The molecule has 0 saturated heterocycles. The highest BCUT2D eigenvalue weighted by molar-refractivity contribution is 5.87. The van der Waals surface area contributed by atoms with Crippen LogP contribution >= 0.6 is 0 Å². The lowest BCUT2D eigenvalue weighted by molar-refractivity contribution is 0.0697. The van der Waals surface area contributed by atoms with Gasteiger partial charge >= 0.3 is 5.97 Å². The molecule has 1 aromatic carbocycles. The Morgan fingerprint density at radius 2 is 2.00 bits per heavy atom. The van der Waals surface area contributed by atoms with Crippen molar-refractivity contribution in [3.63, 3.8) is 0 Å². The molecule has 0 heterocycles. The van der Waals surface area contributed by atoms with Crippen molar-refractivity contribution in [2.75, 3.05) is 6.61 Å². The van der Waals surface area contributed by atoms with Gasteiger partial charge in [0, 0.05) is 0 Å². The molecule has 0 aliphatic carbocycles. The third-order valence-corrected chi connectivity index (χ3v) is 2.91. The van der Waals surface area contributed by atoms with Gasteiger partial charge in [0.15, 0.2) is 0 Å². The van der Waals surface area contributed by atoms with Crippen LogP contribution in [0.3, 0.4) is 0 Å². The van der Waals surface area contributed by atoms with Gasteiger partial charge in [-0.2, -0.15) is 0 Å². The molecule has 3 heteroatoms. The van der Waals surface area contributed by atoms with E-state index in [2.05, 4.69) is 13.8 Å². The van der Waals surface area contributed by atoms with Gasteiger partial charge in [-0.3, -0.25) is 0 Å². The minimum absolute atomic E-state index is 0.289. The molecule has 0 bridgehead atoms. The zero-order valence-electron chi connectivity index (χ0n) is 10.5. The molecule has 1 unspecified atom stereocenters. The lowest BCUT2D eigenvalue weighted by Crippen LogP contribution is -2.01. The summed E-state index contributed by atoms with van der Waals surface area (Å²) in [5.41, 5.74) is 0.289. The summed E-state index contributed by atoms with van der Waals surface area (Å²) in [5, 5.41) is 8.74. The first kappa shape index (κ1) is 13.6. The first-order valence-electron chi connectivity index (χ1n) is 6.09. The fourth-order valence-electron chi connectivity index (χ4n) is 1.52. The molecule has 0 radical (unpaired) electrons. The van der Waals surface area contributed by atoms with Gasteiger partial charge in [-0.05, 0) is 43.0 Å². The third-order valence-electron chi connectivity index (χ3n) is 2.91. The second-order valence-electron chi connectivity index (χ2n) is 4.33. The highest BCUT2D eigenvalue weighted by atomic mass is 16.5. The molecule has 1 rings (SSSR count). The normalized spacial score (nSPS) is 12.1. The average Bonchev–Trinajstić information content (AvgIpc) is 2.34. The molecule has 0 amide bonds. The zero-order chi connectivity index (χ0) is 12.7. The molecule has 3 nitrogen and oxygen atoms in total. The Hall–Kier alpha value is -1.51. The lowest BCUT2D eigenvalue weighted by atomic mass is 10.0. The van der Waals surface area contributed by atoms with Gasteiger partial charge in [0.05, 0.1) is 12.2 Å². The van der Waals surface area contributed by atoms with Crippen LogP contribution in [0, 0.1) is 5.92 Å². The number of carboxylic acid groups (broad SMARTS) is 1. The smallest absolute Gasteiger partial charge is 0.335 e. The Bertz CT molecular complexity index is 343. The van der Waals surface area contributed by atoms with Crippen molar-refractivity contribution in [1.82, 2.24) is 0 Å². The first-order chi connectivity index (χ1) is 8.13. The molecule has 1 N–H and O–H groups in total. The highest BCUT2D eigenvalue weighted by Crippen LogP contribution is 2.14. The quantitative estimate of drug-likeness (QED) is 0.736. The van der Waals surface area contributed by atoms with E-state index in [4.69, 9.17) is 9.84 Å². The molecule has 0 aromatic heterocycles. The summed E-state index contributed by atoms with van der Waals surface area (Å²) in [6.07, 6.45) is 3.41. The molecular weight excluding hydrogens is 216 g/mol. The predicted molar refractivity (Wildman–Crippen MR) is 67.6 cm³/mol. The maximum atomic E-state index is 10.6. The van der Waals surface area contributed by atoms with Crippen LogP contribution in [-0.2, 0) is 0 Å². The van der Waals surface area contributed by atoms with Crippen molar-refractivity contribution in [3.8, 4) is 5.75 Å². The standard InChI is InChI=1S/C14H20O3/c1-3-11(2)5-4-10-17-13-8-6-12(7-9-13)14(15)16/h6-9,11H,3-5,10H2,1-2H3,(H,15,16). The summed E-state index contributed by atoms with van der Waals surface area (Å²) in [4.78, 5) is 10.6. The number of carboxylic acids is 1. The second-order valence-corrected chi connectivity index (χ2v) is 4.33. The van der Waals surface area contributed by atoms with E-state index in [1.165, 1.54) is 12.8 Å². The van der Waals surface area contributed by atoms with Gasteiger partial charge < -0.3 is 9.84 Å². The Labute approximate surface area is 102 Å². The van der Waals surface area contributed by atoms with E-state index in [-0.39, 0.29) is 5.56 Å². The van der Waals surface area contributed by atoms with Gasteiger partial charge in [0.1, 0.15) is 5.75 Å². The maximum absolute atomic E-state index is 10.6. The van der Waals surface area contributed by atoms with Gasteiger partial charge in [-0.25, -0.2) is 4.79 Å². The Morgan fingerprint density at radius 3 is 2.53 bits per heavy atom. The van der Waals surface area contributed by atoms with Crippen LogP contribution < -0.4 is 4.74 Å². The molecule has 0 fully saturated rings. The number of rotatable bonds is 7. The number of hydrogen-bond acceptors (Lipinski definition) is 2. The average molecular weight is 236 g/mol. The van der Waals surface area contributed by atoms with Gasteiger partial charge in [0.25, 0.3) is 0 Å². The third kappa shape index (κ3) is 4.89. The van der Waals surface area contributed by atoms with E-state index >= 15 is 0 Å². The fourth-order valence-corrected chi connectivity index (χ4v) is 1.52. The molecule has 0 aliphatic heterocycles. The van der Waals surface area contributed by atoms with Crippen molar-refractivity contribution in [2.24, 2.45) is 5.92 Å². The number of ether oxygens (including phenoxy) is 1. The molecule has 17 heavy (non-hydrogen) atoms. The molecule has 94 valence electrons. The summed E-state index contributed by atoms with van der Waals surface area (Å²) in [6, 6.07) is 6.53. The van der Waals surface area contributed by atoms with Crippen LogP contribution in [-0.4, -0.2) is 17.7 Å². The van der Waals surface area contributed by atoms with Crippen LogP contribution in [0.4, 0.5) is 0 Å². The second kappa shape index (κ2) is 6.94. The minimum Gasteiger partial charge on any atom is -0.494 e. The summed E-state index contributed by atoms with van der Waals surface area (Å²) in [5.74, 6) is 0.570. The zero-order valence-corrected chi connectivity index (χ0v) is 10.5. The van der Waals surface area contributed by atoms with Crippen molar-refractivity contribution in [1.29, 1.82) is 0 Å². The Balaban J connectivity index is 2.30. The minimum atomic E-state index is -0.909. The number of aromatic carboxylic acids is 1. The van der Waals surface area contributed by atoms with E-state index in [0.29, 0.717) is 6.61 Å².